The molecule has 82 valence electrons. The van der Waals surface area contributed by atoms with E-state index in [1.165, 1.54) is 0 Å². The van der Waals surface area contributed by atoms with Crippen molar-refractivity contribution in [3.63, 3.8) is 0 Å². The molecule has 1 aliphatic rings. The Morgan fingerprint density at radius 3 is 2.29 bits per heavy atom. The summed E-state index contributed by atoms with van der Waals surface area (Å²) >= 11 is 3.50. The number of carbonyl (C=O) groups excluding carboxylic acids is 1. The average molecular weight is 264 g/mol. The summed E-state index contributed by atoms with van der Waals surface area (Å²) in [6.45, 7) is 5.65. The van der Waals surface area contributed by atoms with E-state index in [2.05, 4.69) is 15.9 Å². The van der Waals surface area contributed by atoms with Crippen molar-refractivity contribution in [3.05, 3.63) is 0 Å². The summed E-state index contributed by atoms with van der Waals surface area (Å²) < 4.78 is 5.26. The van der Waals surface area contributed by atoms with Crippen molar-refractivity contribution in [2.45, 2.75) is 50.1 Å². The largest absolute Gasteiger partial charge is 0.444 e. The highest BCUT2D eigenvalue weighted by molar-refractivity contribution is 9.09. The molecular weight excluding hydrogens is 246 g/mol. The minimum absolute atomic E-state index is 0.220. The van der Waals surface area contributed by atoms with Gasteiger partial charge in [0.15, 0.2) is 0 Å². The molecule has 0 bridgehead atoms. The van der Waals surface area contributed by atoms with E-state index in [0.29, 0.717) is 10.9 Å². The standard InChI is InChI=1S/C10H18BrNO2/c1-10(2,3)14-9(13)12(4)8-5-7(11)6-8/h7-8H,5-6H2,1-4H3. The fourth-order valence-electron chi connectivity index (χ4n) is 1.32. The number of halogens is 1. The fourth-order valence-corrected chi connectivity index (χ4v) is 2.18. The maximum Gasteiger partial charge on any atom is 0.410 e. The predicted octanol–water partition coefficient (Wildman–Crippen LogP) is 2.78. The quantitative estimate of drug-likeness (QED) is 0.681. The van der Waals surface area contributed by atoms with Crippen LogP contribution in [0.3, 0.4) is 0 Å². The van der Waals surface area contributed by atoms with E-state index in [0.717, 1.165) is 12.8 Å². The Bertz CT molecular complexity index is 219. The summed E-state index contributed by atoms with van der Waals surface area (Å²) in [4.78, 5) is 13.9. The Labute approximate surface area is 93.9 Å². The van der Waals surface area contributed by atoms with Gasteiger partial charge in [0.05, 0.1) is 0 Å². The molecule has 1 saturated carbocycles. The van der Waals surface area contributed by atoms with Gasteiger partial charge in [-0.2, -0.15) is 0 Å². The number of hydrogen-bond donors (Lipinski definition) is 0. The van der Waals surface area contributed by atoms with E-state index in [1.807, 2.05) is 20.8 Å². The molecule has 1 aliphatic carbocycles. The van der Waals surface area contributed by atoms with Gasteiger partial charge in [-0.3, -0.25) is 0 Å². The molecule has 4 heteroatoms. The third kappa shape index (κ3) is 3.15. The van der Waals surface area contributed by atoms with E-state index in [9.17, 15) is 4.79 Å². The van der Waals surface area contributed by atoms with Gasteiger partial charge in [0.2, 0.25) is 0 Å². The molecule has 14 heavy (non-hydrogen) atoms. The summed E-state index contributed by atoms with van der Waals surface area (Å²) in [6, 6.07) is 0.342. The lowest BCUT2D eigenvalue weighted by Crippen LogP contribution is -2.47. The molecule has 0 saturated heterocycles. The lowest BCUT2D eigenvalue weighted by molar-refractivity contribution is 0.0154. The Balaban J connectivity index is 2.38. The summed E-state index contributed by atoms with van der Waals surface area (Å²) in [7, 11) is 1.80. The van der Waals surface area contributed by atoms with Crippen LogP contribution in [-0.2, 0) is 4.74 Å². The Morgan fingerprint density at radius 2 is 1.93 bits per heavy atom. The first-order valence-corrected chi connectivity index (χ1v) is 5.81. The lowest BCUT2D eigenvalue weighted by atomic mass is 9.92. The third-order valence-corrected chi connectivity index (χ3v) is 3.03. The summed E-state index contributed by atoms with van der Waals surface area (Å²) in [5.41, 5.74) is -0.400. The van der Waals surface area contributed by atoms with Gasteiger partial charge in [0, 0.05) is 17.9 Å². The molecule has 0 unspecified atom stereocenters. The summed E-state index contributed by atoms with van der Waals surface area (Å²) in [5, 5.41) is 0. The van der Waals surface area contributed by atoms with Crippen molar-refractivity contribution < 1.29 is 9.53 Å². The first kappa shape index (κ1) is 11.8. The molecule has 1 fully saturated rings. The molecule has 0 N–H and O–H groups in total. The number of rotatable bonds is 1. The maximum absolute atomic E-state index is 11.6. The lowest BCUT2D eigenvalue weighted by Gasteiger charge is -2.38. The minimum atomic E-state index is -0.400. The van der Waals surface area contributed by atoms with Gasteiger partial charge < -0.3 is 9.64 Å². The summed E-state index contributed by atoms with van der Waals surface area (Å²) in [6.07, 6.45) is 1.83. The van der Waals surface area contributed by atoms with E-state index < -0.39 is 5.60 Å². The maximum atomic E-state index is 11.6. The minimum Gasteiger partial charge on any atom is -0.444 e. The van der Waals surface area contributed by atoms with Crippen LogP contribution in [0.5, 0.6) is 0 Å². The number of ether oxygens (including phenoxy) is 1. The molecule has 0 aliphatic heterocycles. The van der Waals surface area contributed by atoms with Crippen LogP contribution in [0.15, 0.2) is 0 Å². The SMILES string of the molecule is CN(C(=O)OC(C)(C)C)C1CC(Br)C1. The highest BCUT2D eigenvalue weighted by Crippen LogP contribution is 2.31. The molecule has 3 nitrogen and oxygen atoms in total. The smallest absolute Gasteiger partial charge is 0.410 e. The number of nitrogens with zero attached hydrogens (tertiary/aromatic N) is 1. The molecule has 0 radical (unpaired) electrons. The molecule has 0 spiro atoms. The van der Waals surface area contributed by atoms with Crippen LogP contribution >= 0.6 is 15.9 Å². The van der Waals surface area contributed by atoms with Crippen molar-refractivity contribution in [1.82, 2.24) is 4.90 Å². The van der Waals surface area contributed by atoms with Gasteiger partial charge in [-0.05, 0) is 33.6 Å². The number of alkyl halides is 1. The van der Waals surface area contributed by atoms with E-state index >= 15 is 0 Å². The van der Waals surface area contributed by atoms with Crippen LogP contribution in [0, 0.1) is 0 Å². The second kappa shape index (κ2) is 4.09. The van der Waals surface area contributed by atoms with Crippen molar-refractivity contribution in [2.75, 3.05) is 7.05 Å². The van der Waals surface area contributed by atoms with E-state index in [-0.39, 0.29) is 6.09 Å². The van der Waals surface area contributed by atoms with Gasteiger partial charge in [-0.1, -0.05) is 15.9 Å². The fraction of sp³-hybridized carbons (Fsp3) is 0.900. The average Bonchev–Trinajstić information content (AvgIpc) is 1.94. The van der Waals surface area contributed by atoms with Crippen LogP contribution in [0.4, 0.5) is 4.79 Å². The molecule has 1 amide bonds. The van der Waals surface area contributed by atoms with Crippen LogP contribution in [0.25, 0.3) is 0 Å². The first-order valence-electron chi connectivity index (χ1n) is 4.89. The summed E-state index contributed by atoms with van der Waals surface area (Å²) in [5.74, 6) is 0. The van der Waals surface area contributed by atoms with Crippen molar-refractivity contribution in [3.8, 4) is 0 Å². The molecule has 0 aromatic rings. The van der Waals surface area contributed by atoms with Gasteiger partial charge in [-0.25, -0.2) is 4.79 Å². The van der Waals surface area contributed by atoms with Crippen LogP contribution in [0.2, 0.25) is 0 Å². The molecule has 0 heterocycles. The zero-order valence-corrected chi connectivity index (χ0v) is 10.8. The molecule has 1 rings (SSSR count). The number of carbonyl (C=O) groups is 1. The second-order valence-electron chi connectivity index (χ2n) is 4.81. The van der Waals surface area contributed by atoms with Crippen molar-refractivity contribution >= 4 is 22.0 Å². The Morgan fingerprint density at radius 1 is 1.43 bits per heavy atom. The van der Waals surface area contributed by atoms with E-state index in [1.54, 1.807) is 11.9 Å². The normalized spacial score (nSPS) is 26.6. The molecule has 0 aromatic carbocycles. The Kier molecular flexibility index (Phi) is 3.45. The van der Waals surface area contributed by atoms with Gasteiger partial charge in [0.25, 0.3) is 0 Å². The van der Waals surface area contributed by atoms with Crippen LogP contribution in [0.1, 0.15) is 33.6 Å². The monoisotopic (exact) mass is 263 g/mol. The van der Waals surface area contributed by atoms with Gasteiger partial charge >= 0.3 is 6.09 Å². The predicted molar refractivity (Wildman–Crippen MR) is 59.7 cm³/mol. The number of hydrogen-bond acceptors (Lipinski definition) is 2. The first-order chi connectivity index (χ1) is 6.29. The van der Waals surface area contributed by atoms with E-state index in [4.69, 9.17) is 4.74 Å². The van der Waals surface area contributed by atoms with Crippen LogP contribution in [-0.4, -0.2) is 34.5 Å². The molecular formula is C10H18BrNO2. The van der Waals surface area contributed by atoms with Crippen LogP contribution < -0.4 is 0 Å². The zero-order valence-electron chi connectivity index (χ0n) is 9.21. The van der Waals surface area contributed by atoms with Gasteiger partial charge in [-0.15, -0.1) is 0 Å². The third-order valence-electron chi connectivity index (χ3n) is 2.28. The second-order valence-corrected chi connectivity index (χ2v) is 6.11. The van der Waals surface area contributed by atoms with Gasteiger partial charge in [0.1, 0.15) is 5.60 Å². The van der Waals surface area contributed by atoms with Crippen molar-refractivity contribution in [2.24, 2.45) is 0 Å². The molecule has 0 atom stereocenters. The van der Waals surface area contributed by atoms with Crippen molar-refractivity contribution in [1.29, 1.82) is 0 Å². The topological polar surface area (TPSA) is 29.5 Å². The highest BCUT2D eigenvalue weighted by Gasteiger charge is 2.34. The number of amides is 1. The molecule has 0 aromatic heterocycles. The highest BCUT2D eigenvalue weighted by atomic mass is 79.9. The zero-order chi connectivity index (χ0) is 10.9. The Hall–Kier alpha value is -0.250.